The first-order valence-corrected chi connectivity index (χ1v) is 7.14. The van der Waals surface area contributed by atoms with Crippen molar-refractivity contribution in [2.45, 2.75) is 58.9 Å². The summed E-state index contributed by atoms with van der Waals surface area (Å²) in [4.78, 5) is 9.11. The predicted octanol–water partition coefficient (Wildman–Crippen LogP) is 2.45. The van der Waals surface area contributed by atoms with Crippen molar-refractivity contribution in [2.24, 2.45) is 0 Å². The summed E-state index contributed by atoms with van der Waals surface area (Å²) in [6.45, 7) is 4.85. The van der Waals surface area contributed by atoms with E-state index in [0.29, 0.717) is 6.54 Å². The highest BCUT2D eigenvalue weighted by atomic mass is 16.5. The standard InChI is InChI=1S/C14H20N4O/c1-3-6-14-16-13(17-19-14)9-18-10(2)15-11-7-4-5-8-12(11)18/h3-9H2,1-2H3. The Bertz CT molecular complexity index is 570. The maximum Gasteiger partial charge on any atom is 0.226 e. The zero-order valence-corrected chi connectivity index (χ0v) is 11.6. The average Bonchev–Trinajstić information content (AvgIpc) is 2.96. The first-order valence-electron chi connectivity index (χ1n) is 7.14. The molecule has 0 spiro atoms. The van der Waals surface area contributed by atoms with E-state index in [1.54, 1.807) is 0 Å². The minimum Gasteiger partial charge on any atom is -0.339 e. The molecule has 5 heteroatoms. The molecule has 3 rings (SSSR count). The van der Waals surface area contributed by atoms with Crippen LogP contribution in [0.5, 0.6) is 0 Å². The lowest BCUT2D eigenvalue weighted by Crippen LogP contribution is -2.11. The molecule has 1 aliphatic carbocycles. The number of nitrogens with zero attached hydrogens (tertiary/aromatic N) is 4. The molecule has 0 aliphatic heterocycles. The fourth-order valence-electron chi connectivity index (χ4n) is 2.76. The molecule has 0 fully saturated rings. The number of aromatic nitrogens is 4. The topological polar surface area (TPSA) is 56.7 Å². The van der Waals surface area contributed by atoms with Gasteiger partial charge in [0, 0.05) is 12.1 Å². The second-order valence-corrected chi connectivity index (χ2v) is 5.20. The molecule has 2 aromatic heterocycles. The minimum atomic E-state index is 0.682. The van der Waals surface area contributed by atoms with Crippen LogP contribution in [0, 0.1) is 6.92 Å². The molecule has 0 bridgehead atoms. The van der Waals surface area contributed by atoms with Gasteiger partial charge in [-0.2, -0.15) is 4.98 Å². The van der Waals surface area contributed by atoms with Crippen LogP contribution >= 0.6 is 0 Å². The van der Waals surface area contributed by atoms with Crippen molar-refractivity contribution in [2.75, 3.05) is 0 Å². The maximum atomic E-state index is 5.24. The summed E-state index contributed by atoms with van der Waals surface area (Å²) in [6, 6.07) is 0. The van der Waals surface area contributed by atoms with E-state index < -0.39 is 0 Å². The van der Waals surface area contributed by atoms with Crippen molar-refractivity contribution in [1.82, 2.24) is 19.7 Å². The van der Waals surface area contributed by atoms with Gasteiger partial charge in [-0.25, -0.2) is 4.98 Å². The predicted molar refractivity (Wildman–Crippen MR) is 71.0 cm³/mol. The highest BCUT2D eigenvalue weighted by Gasteiger charge is 2.19. The highest BCUT2D eigenvalue weighted by Crippen LogP contribution is 2.22. The Morgan fingerprint density at radius 1 is 1.21 bits per heavy atom. The molecule has 2 aromatic rings. The molecule has 5 nitrogen and oxygen atoms in total. The molecule has 0 N–H and O–H groups in total. The van der Waals surface area contributed by atoms with Gasteiger partial charge >= 0.3 is 0 Å². The van der Waals surface area contributed by atoms with E-state index in [4.69, 9.17) is 4.52 Å². The Balaban J connectivity index is 1.84. The van der Waals surface area contributed by atoms with Crippen molar-refractivity contribution >= 4 is 0 Å². The van der Waals surface area contributed by atoms with Crippen LogP contribution in [0.25, 0.3) is 0 Å². The normalized spacial score (nSPS) is 14.6. The second-order valence-electron chi connectivity index (χ2n) is 5.20. The molecule has 0 saturated carbocycles. The van der Waals surface area contributed by atoms with Crippen LogP contribution in [0.15, 0.2) is 4.52 Å². The van der Waals surface area contributed by atoms with Gasteiger partial charge in [0.05, 0.1) is 12.2 Å². The third-order valence-electron chi connectivity index (χ3n) is 3.70. The Morgan fingerprint density at radius 3 is 2.89 bits per heavy atom. The van der Waals surface area contributed by atoms with Crippen molar-refractivity contribution in [3.63, 3.8) is 0 Å². The van der Waals surface area contributed by atoms with Gasteiger partial charge < -0.3 is 9.09 Å². The van der Waals surface area contributed by atoms with Crippen LogP contribution < -0.4 is 0 Å². The van der Waals surface area contributed by atoms with Crippen LogP contribution in [0.2, 0.25) is 0 Å². The highest BCUT2D eigenvalue weighted by molar-refractivity contribution is 5.20. The first kappa shape index (κ1) is 12.4. The fraction of sp³-hybridized carbons (Fsp3) is 0.643. The zero-order chi connectivity index (χ0) is 13.2. The van der Waals surface area contributed by atoms with Gasteiger partial charge in [-0.15, -0.1) is 0 Å². The lowest BCUT2D eigenvalue weighted by Gasteiger charge is -2.13. The van der Waals surface area contributed by atoms with E-state index in [1.807, 2.05) is 0 Å². The third kappa shape index (κ3) is 2.41. The van der Waals surface area contributed by atoms with E-state index in [9.17, 15) is 0 Å². The zero-order valence-electron chi connectivity index (χ0n) is 11.6. The molecule has 0 saturated heterocycles. The van der Waals surface area contributed by atoms with Crippen molar-refractivity contribution in [3.05, 3.63) is 28.9 Å². The Kier molecular flexibility index (Phi) is 3.36. The molecular weight excluding hydrogens is 240 g/mol. The number of fused-ring (bicyclic) bond motifs is 1. The summed E-state index contributed by atoms with van der Waals surface area (Å²) in [5.41, 5.74) is 2.63. The molecule has 19 heavy (non-hydrogen) atoms. The van der Waals surface area contributed by atoms with Gasteiger partial charge in [-0.05, 0) is 39.0 Å². The summed E-state index contributed by atoms with van der Waals surface area (Å²) in [5.74, 6) is 2.57. The van der Waals surface area contributed by atoms with Crippen molar-refractivity contribution in [1.29, 1.82) is 0 Å². The van der Waals surface area contributed by atoms with Crippen molar-refractivity contribution in [3.8, 4) is 0 Å². The largest absolute Gasteiger partial charge is 0.339 e. The Morgan fingerprint density at radius 2 is 2.05 bits per heavy atom. The number of imidazole rings is 1. The van der Waals surface area contributed by atoms with E-state index in [1.165, 1.54) is 24.2 Å². The average molecular weight is 260 g/mol. The van der Waals surface area contributed by atoms with Crippen LogP contribution in [0.3, 0.4) is 0 Å². The van der Waals surface area contributed by atoms with E-state index >= 15 is 0 Å². The van der Waals surface area contributed by atoms with Gasteiger partial charge in [-0.1, -0.05) is 12.1 Å². The van der Waals surface area contributed by atoms with Crippen LogP contribution in [-0.2, 0) is 25.8 Å². The maximum absolute atomic E-state index is 5.24. The second kappa shape index (κ2) is 5.15. The number of rotatable bonds is 4. The number of hydrogen-bond acceptors (Lipinski definition) is 4. The molecule has 0 radical (unpaired) electrons. The summed E-state index contributed by atoms with van der Waals surface area (Å²) in [5, 5.41) is 4.06. The van der Waals surface area contributed by atoms with Gasteiger partial charge in [0.15, 0.2) is 5.82 Å². The van der Waals surface area contributed by atoms with E-state index in [0.717, 1.165) is 43.2 Å². The molecular formula is C14H20N4O. The smallest absolute Gasteiger partial charge is 0.226 e. The van der Waals surface area contributed by atoms with Gasteiger partial charge in [-0.3, -0.25) is 0 Å². The Labute approximate surface area is 113 Å². The molecule has 102 valence electrons. The van der Waals surface area contributed by atoms with Crippen LogP contribution in [0.4, 0.5) is 0 Å². The number of hydrogen-bond donors (Lipinski definition) is 0. The molecule has 0 aromatic carbocycles. The molecule has 2 heterocycles. The SMILES string of the molecule is CCCc1nc(Cn2c(C)nc3c2CCCC3)no1. The summed E-state index contributed by atoms with van der Waals surface area (Å²) < 4.78 is 7.49. The molecule has 1 aliphatic rings. The van der Waals surface area contributed by atoms with Gasteiger partial charge in [0.1, 0.15) is 5.82 Å². The lowest BCUT2D eigenvalue weighted by molar-refractivity contribution is 0.370. The summed E-state index contributed by atoms with van der Waals surface area (Å²) in [7, 11) is 0. The quantitative estimate of drug-likeness (QED) is 0.847. The van der Waals surface area contributed by atoms with Crippen LogP contribution in [-0.4, -0.2) is 19.7 Å². The summed E-state index contributed by atoms with van der Waals surface area (Å²) >= 11 is 0. The first-order chi connectivity index (χ1) is 9.28. The van der Waals surface area contributed by atoms with Gasteiger partial charge in [0.25, 0.3) is 0 Å². The minimum absolute atomic E-state index is 0.682. The van der Waals surface area contributed by atoms with Gasteiger partial charge in [0.2, 0.25) is 5.89 Å². The Hall–Kier alpha value is -1.65. The molecule has 0 amide bonds. The fourth-order valence-corrected chi connectivity index (χ4v) is 2.76. The van der Waals surface area contributed by atoms with Crippen LogP contribution in [0.1, 0.15) is 55.1 Å². The third-order valence-corrected chi connectivity index (χ3v) is 3.70. The molecule has 0 atom stereocenters. The molecule has 0 unspecified atom stereocenters. The lowest BCUT2D eigenvalue weighted by atomic mass is 10.0. The summed E-state index contributed by atoms with van der Waals surface area (Å²) in [6.07, 6.45) is 6.62. The number of aryl methyl sites for hydroxylation is 3. The van der Waals surface area contributed by atoms with E-state index in [-0.39, 0.29) is 0 Å². The van der Waals surface area contributed by atoms with E-state index in [2.05, 4.69) is 33.5 Å². The van der Waals surface area contributed by atoms with Crippen molar-refractivity contribution < 1.29 is 4.52 Å². The monoisotopic (exact) mass is 260 g/mol.